The molecule has 3 aromatic rings. The van der Waals surface area contributed by atoms with Crippen LogP contribution in [0.15, 0.2) is 36.7 Å². The Labute approximate surface area is 195 Å². The van der Waals surface area contributed by atoms with Crippen LogP contribution in [0.1, 0.15) is 14.5 Å². The molecule has 0 fully saturated rings. The Morgan fingerprint density at radius 1 is 1.15 bits per heavy atom. The molecule has 8 nitrogen and oxygen atoms in total. The summed E-state index contributed by atoms with van der Waals surface area (Å²) in [4.78, 5) is 21.7. The maximum absolute atomic E-state index is 12.7. The lowest BCUT2D eigenvalue weighted by atomic mass is 10.2. The van der Waals surface area contributed by atoms with Crippen LogP contribution in [0.25, 0.3) is 11.4 Å². The number of hydrogen-bond acceptors (Lipinski definition) is 7. The van der Waals surface area contributed by atoms with Crippen LogP contribution in [-0.2, 0) is 10.0 Å². The van der Waals surface area contributed by atoms with Gasteiger partial charge < -0.3 is 10.1 Å². The standard InChI is InChI=1S/C19H16ClF3N4O4S2/c1-10-15(17-24-7-14(8-25-17)31-9-19(21,22)23)6-16(32-10)18(28)26-12-3-11(20)4-13(5-12)27-33(2,29)30/h3-8,27H,9H2,1-2H3,(H,26,28). The fourth-order valence-corrected chi connectivity index (χ4v) is 4.33. The van der Waals surface area contributed by atoms with E-state index in [9.17, 15) is 26.4 Å². The molecule has 3 rings (SSSR count). The van der Waals surface area contributed by atoms with E-state index in [2.05, 4.69) is 24.7 Å². The third-order valence-electron chi connectivity index (χ3n) is 3.87. The topological polar surface area (TPSA) is 110 Å². The van der Waals surface area contributed by atoms with Gasteiger partial charge in [0.25, 0.3) is 5.91 Å². The number of anilines is 2. The molecule has 0 aliphatic rings. The van der Waals surface area contributed by atoms with E-state index < -0.39 is 28.7 Å². The quantitative estimate of drug-likeness (QED) is 0.466. The fraction of sp³-hybridized carbons (Fsp3) is 0.211. The van der Waals surface area contributed by atoms with Gasteiger partial charge in [-0.15, -0.1) is 11.3 Å². The highest BCUT2D eigenvalue weighted by atomic mass is 35.5. The molecule has 2 N–H and O–H groups in total. The summed E-state index contributed by atoms with van der Waals surface area (Å²) in [5.41, 5.74) is 0.983. The summed E-state index contributed by atoms with van der Waals surface area (Å²) in [5, 5.41) is 2.85. The van der Waals surface area contributed by atoms with Crippen molar-refractivity contribution in [3.63, 3.8) is 0 Å². The molecule has 0 bridgehead atoms. The minimum atomic E-state index is -4.48. The molecule has 0 saturated carbocycles. The summed E-state index contributed by atoms with van der Waals surface area (Å²) < 4.78 is 66.5. The van der Waals surface area contributed by atoms with Crippen molar-refractivity contribution in [3.05, 3.63) is 51.4 Å². The average Bonchev–Trinajstić information content (AvgIpc) is 3.06. The lowest BCUT2D eigenvalue weighted by Crippen LogP contribution is -2.19. The van der Waals surface area contributed by atoms with Crippen molar-refractivity contribution in [2.45, 2.75) is 13.1 Å². The maximum Gasteiger partial charge on any atom is 0.422 e. The predicted molar refractivity (Wildman–Crippen MR) is 120 cm³/mol. The Morgan fingerprint density at radius 3 is 2.39 bits per heavy atom. The third kappa shape index (κ3) is 7.30. The van der Waals surface area contributed by atoms with E-state index in [1.807, 2.05) is 0 Å². The number of alkyl halides is 3. The number of carbonyl (C=O) groups excluding carboxylic acids is 1. The predicted octanol–water partition coefficient (Wildman–Crippen LogP) is 4.73. The molecule has 0 aliphatic heterocycles. The molecule has 14 heteroatoms. The third-order valence-corrected chi connectivity index (χ3v) is 5.75. The molecular formula is C19H16ClF3N4O4S2. The second kappa shape index (κ2) is 9.53. The molecule has 0 radical (unpaired) electrons. The molecule has 0 aliphatic carbocycles. The van der Waals surface area contributed by atoms with Gasteiger partial charge in [-0.2, -0.15) is 13.2 Å². The van der Waals surface area contributed by atoms with E-state index in [1.54, 1.807) is 13.0 Å². The smallest absolute Gasteiger partial charge is 0.422 e. The Morgan fingerprint density at radius 2 is 1.79 bits per heavy atom. The second-order valence-electron chi connectivity index (χ2n) is 6.78. The number of hydrogen-bond donors (Lipinski definition) is 2. The van der Waals surface area contributed by atoms with Crippen LogP contribution in [0, 0.1) is 6.92 Å². The van der Waals surface area contributed by atoms with E-state index in [0.717, 1.165) is 30.0 Å². The summed E-state index contributed by atoms with van der Waals surface area (Å²) in [6.07, 6.45) is -1.25. The second-order valence-corrected chi connectivity index (χ2v) is 10.2. The van der Waals surface area contributed by atoms with Gasteiger partial charge in [-0.3, -0.25) is 9.52 Å². The Balaban J connectivity index is 1.75. The number of rotatable bonds is 7. The Kier molecular flexibility index (Phi) is 7.14. The molecule has 2 heterocycles. The number of sulfonamides is 1. The van der Waals surface area contributed by atoms with E-state index in [1.165, 1.54) is 18.2 Å². The molecule has 33 heavy (non-hydrogen) atoms. The number of amides is 1. The van der Waals surface area contributed by atoms with Gasteiger partial charge in [0.05, 0.1) is 29.2 Å². The normalized spacial score (nSPS) is 11.8. The molecule has 176 valence electrons. The summed E-state index contributed by atoms with van der Waals surface area (Å²) in [7, 11) is -3.54. The number of benzene rings is 1. The monoisotopic (exact) mass is 520 g/mol. The zero-order chi connectivity index (χ0) is 24.4. The van der Waals surface area contributed by atoms with E-state index in [0.29, 0.717) is 15.3 Å². The fourth-order valence-electron chi connectivity index (χ4n) is 2.64. The van der Waals surface area contributed by atoms with Gasteiger partial charge in [-0.1, -0.05) is 11.6 Å². The highest BCUT2D eigenvalue weighted by molar-refractivity contribution is 7.92. The summed E-state index contributed by atoms with van der Waals surface area (Å²) in [5.74, 6) is -0.405. The summed E-state index contributed by atoms with van der Waals surface area (Å²) in [6.45, 7) is 0.282. The number of nitrogens with zero attached hydrogens (tertiary/aromatic N) is 2. The number of carbonyl (C=O) groups is 1. The Bertz CT molecular complexity index is 1280. The van der Waals surface area contributed by atoms with E-state index in [4.69, 9.17) is 11.6 Å². The average molecular weight is 521 g/mol. The molecule has 1 aromatic carbocycles. The first-order chi connectivity index (χ1) is 15.3. The van der Waals surface area contributed by atoms with Crippen LogP contribution in [0.3, 0.4) is 0 Å². The van der Waals surface area contributed by atoms with Gasteiger partial charge in [0.15, 0.2) is 18.2 Å². The van der Waals surface area contributed by atoms with Crippen molar-refractivity contribution in [2.75, 3.05) is 22.9 Å². The van der Waals surface area contributed by atoms with Gasteiger partial charge in [-0.25, -0.2) is 18.4 Å². The molecule has 0 atom stereocenters. The Hall–Kier alpha value is -2.90. The minimum absolute atomic E-state index is 0.138. The van der Waals surface area contributed by atoms with Crippen LogP contribution >= 0.6 is 22.9 Å². The maximum atomic E-state index is 12.7. The summed E-state index contributed by atoms with van der Waals surface area (Å²) >= 11 is 7.16. The molecule has 2 aromatic heterocycles. The van der Waals surface area contributed by atoms with Gasteiger partial charge in [0, 0.05) is 21.2 Å². The molecule has 1 amide bonds. The molecule has 0 unspecified atom stereocenters. The number of thiophene rings is 1. The lowest BCUT2D eigenvalue weighted by molar-refractivity contribution is -0.153. The number of ether oxygens (including phenoxy) is 1. The van der Waals surface area contributed by atoms with Gasteiger partial charge in [0.2, 0.25) is 10.0 Å². The number of aromatic nitrogens is 2. The number of aryl methyl sites for hydroxylation is 1. The van der Waals surface area contributed by atoms with Crippen molar-refractivity contribution < 1.29 is 31.1 Å². The van der Waals surface area contributed by atoms with Crippen LogP contribution in [0.4, 0.5) is 24.5 Å². The van der Waals surface area contributed by atoms with E-state index in [-0.39, 0.29) is 28.0 Å². The highest BCUT2D eigenvalue weighted by Crippen LogP contribution is 2.31. The van der Waals surface area contributed by atoms with Gasteiger partial charge >= 0.3 is 6.18 Å². The van der Waals surface area contributed by atoms with E-state index >= 15 is 0 Å². The van der Waals surface area contributed by atoms with Crippen molar-refractivity contribution in [1.82, 2.24) is 9.97 Å². The zero-order valence-corrected chi connectivity index (χ0v) is 19.4. The molecule has 0 spiro atoms. The van der Waals surface area contributed by atoms with Crippen molar-refractivity contribution in [1.29, 1.82) is 0 Å². The molecular weight excluding hydrogens is 505 g/mol. The first kappa shape index (κ1) is 24.7. The first-order valence-corrected chi connectivity index (χ1v) is 12.1. The zero-order valence-electron chi connectivity index (χ0n) is 17.0. The lowest BCUT2D eigenvalue weighted by Gasteiger charge is -2.09. The van der Waals surface area contributed by atoms with Crippen molar-refractivity contribution in [3.8, 4) is 17.1 Å². The van der Waals surface area contributed by atoms with Crippen LogP contribution in [0.2, 0.25) is 5.02 Å². The van der Waals surface area contributed by atoms with Crippen LogP contribution in [-0.4, -0.2) is 43.3 Å². The van der Waals surface area contributed by atoms with Crippen molar-refractivity contribution in [2.24, 2.45) is 0 Å². The summed E-state index contributed by atoms with van der Waals surface area (Å²) in [6, 6.07) is 5.80. The minimum Gasteiger partial charge on any atom is -0.481 e. The van der Waals surface area contributed by atoms with Crippen LogP contribution < -0.4 is 14.8 Å². The highest BCUT2D eigenvalue weighted by Gasteiger charge is 2.28. The molecule has 0 saturated heterocycles. The number of halogens is 4. The SMILES string of the molecule is Cc1sc(C(=O)Nc2cc(Cl)cc(NS(C)(=O)=O)c2)cc1-c1ncc(OCC(F)(F)F)cn1. The van der Waals surface area contributed by atoms with Crippen LogP contribution in [0.5, 0.6) is 5.75 Å². The van der Waals surface area contributed by atoms with Gasteiger partial charge in [0.1, 0.15) is 0 Å². The number of nitrogens with one attached hydrogen (secondary N) is 2. The van der Waals surface area contributed by atoms with Gasteiger partial charge in [-0.05, 0) is 31.2 Å². The largest absolute Gasteiger partial charge is 0.481 e. The first-order valence-electron chi connectivity index (χ1n) is 9.01. The van der Waals surface area contributed by atoms with Crippen molar-refractivity contribution >= 4 is 50.2 Å².